The predicted octanol–water partition coefficient (Wildman–Crippen LogP) is 3.18. The molecular weight excluding hydrogens is 224 g/mol. The highest BCUT2D eigenvalue weighted by atomic mass is 16.5. The van der Waals surface area contributed by atoms with E-state index in [1.165, 1.54) is 12.8 Å². The van der Waals surface area contributed by atoms with E-state index in [-0.39, 0.29) is 0 Å². The minimum absolute atomic E-state index is 0.441. The molecule has 18 heavy (non-hydrogen) atoms. The Morgan fingerprint density at radius 2 is 1.94 bits per heavy atom. The Hall–Kier alpha value is -2.03. The number of aryl methyl sites for hydroxylation is 1. The Morgan fingerprint density at radius 3 is 2.56 bits per heavy atom. The van der Waals surface area contributed by atoms with Gasteiger partial charge in [-0.1, -0.05) is 12.1 Å². The summed E-state index contributed by atoms with van der Waals surface area (Å²) in [4.78, 5) is 4.14. The number of hydrogen-bond acceptors (Lipinski definition) is 3. The molecule has 3 nitrogen and oxygen atoms in total. The molecular formula is C15H16N2O. The van der Waals surface area contributed by atoms with E-state index in [4.69, 9.17) is 10.5 Å². The third kappa shape index (κ3) is 2.30. The van der Waals surface area contributed by atoms with Crippen molar-refractivity contribution in [2.24, 2.45) is 0 Å². The fraction of sp³-hybridized carbons (Fsp3) is 0.267. The molecule has 3 heteroatoms. The van der Waals surface area contributed by atoms with Gasteiger partial charge in [-0.25, -0.2) is 4.98 Å². The molecule has 0 aliphatic heterocycles. The van der Waals surface area contributed by atoms with E-state index in [1.807, 2.05) is 31.3 Å². The van der Waals surface area contributed by atoms with E-state index in [1.54, 1.807) is 0 Å². The van der Waals surface area contributed by atoms with Crippen molar-refractivity contribution in [3.05, 3.63) is 42.1 Å². The minimum Gasteiger partial charge on any atom is -0.490 e. The molecule has 0 atom stereocenters. The van der Waals surface area contributed by atoms with Crippen LogP contribution in [0, 0.1) is 6.92 Å². The van der Waals surface area contributed by atoms with Gasteiger partial charge in [-0.3, -0.25) is 0 Å². The molecule has 0 unspecified atom stereocenters. The largest absolute Gasteiger partial charge is 0.490 e. The van der Waals surface area contributed by atoms with Crippen molar-refractivity contribution in [1.29, 1.82) is 0 Å². The van der Waals surface area contributed by atoms with Crippen LogP contribution >= 0.6 is 0 Å². The summed E-state index contributed by atoms with van der Waals surface area (Å²) >= 11 is 0. The van der Waals surface area contributed by atoms with Crippen LogP contribution in [0.5, 0.6) is 5.75 Å². The summed E-state index contributed by atoms with van der Waals surface area (Å²) in [6.07, 6.45) is 4.63. The van der Waals surface area contributed by atoms with Gasteiger partial charge in [0.05, 0.1) is 6.10 Å². The molecule has 1 fully saturated rings. The van der Waals surface area contributed by atoms with Gasteiger partial charge < -0.3 is 10.5 Å². The number of nitrogens with two attached hydrogens (primary N) is 1. The lowest BCUT2D eigenvalue weighted by atomic mass is 10.0. The van der Waals surface area contributed by atoms with Crippen LogP contribution in [0.4, 0.5) is 5.82 Å². The summed E-state index contributed by atoms with van der Waals surface area (Å²) in [7, 11) is 0. The molecule has 0 amide bonds. The average Bonchev–Trinajstić information content (AvgIpc) is 3.15. The molecule has 0 bridgehead atoms. The normalized spacial score (nSPS) is 14.5. The Labute approximate surface area is 107 Å². The van der Waals surface area contributed by atoms with Crippen LogP contribution in [0.3, 0.4) is 0 Å². The van der Waals surface area contributed by atoms with E-state index >= 15 is 0 Å². The Bertz CT molecular complexity index is 559. The maximum atomic E-state index is 5.73. The Kier molecular flexibility index (Phi) is 2.67. The Balaban J connectivity index is 1.86. The van der Waals surface area contributed by atoms with Gasteiger partial charge in [0.25, 0.3) is 0 Å². The summed E-state index contributed by atoms with van der Waals surface area (Å²) in [5, 5.41) is 0. The number of benzene rings is 1. The molecule has 1 aromatic carbocycles. The zero-order valence-corrected chi connectivity index (χ0v) is 10.4. The molecule has 1 heterocycles. The second kappa shape index (κ2) is 4.33. The van der Waals surface area contributed by atoms with Crippen LogP contribution < -0.4 is 10.5 Å². The number of aromatic nitrogens is 1. The first-order chi connectivity index (χ1) is 8.72. The third-order valence-electron chi connectivity index (χ3n) is 3.12. The number of pyridine rings is 1. The zero-order valence-electron chi connectivity index (χ0n) is 10.4. The summed E-state index contributed by atoms with van der Waals surface area (Å²) < 4.78 is 5.73. The fourth-order valence-corrected chi connectivity index (χ4v) is 1.97. The zero-order chi connectivity index (χ0) is 12.5. The number of ether oxygens (including phenoxy) is 1. The number of nitrogens with zero attached hydrogens (tertiary/aromatic N) is 1. The minimum atomic E-state index is 0.441. The summed E-state index contributed by atoms with van der Waals surface area (Å²) in [6.45, 7) is 2.04. The quantitative estimate of drug-likeness (QED) is 0.896. The molecule has 2 N–H and O–H groups in total. The first-order valence-corrected chi connectivity index (χ1v) is 6.21. The highest BCUT2D eigenvalue weighted by Gasteiger charge is 2.23. The topological polar surface area (TPSA) is 48.1 Å². The monoisotopic (exact) mass is 240 g/mol. The highest BCUT2D eigenvalue weighted by molar-refractivity contribution is 5.68. The maximum absolute atomic E-state index is 5.73. The molecule has 0 radical (unpaired) electrons. The molecule has 1 aliphatic rings. The molecule has 3 rings (SSSR count). The van der Waals surface area contributed by atoms with Crippen LogP contribution in [0.2, 0.25) is 0 Å². The summed E-state index contributed by atoms with van der Waals surface area (Å²) in [5.74, 6) is 1.51. The molecule has 1 saturated carbocycles. The van der Waals surface area contributed by atoms with Gasteiger partial charge in [0.15, 0.2) is 0 Å². The summed E-state index contributed by atoms with van der Waals surface area (Å²) in [5.41, 5.74) is 9.05. The van der Waals surface area contributed by atoms with Crippen molar-refractivity contribution in [3.8, 4) is 16.9 Å². The molecule has 92 valence electrons. The van der Waals surface area contributed by atoms with Crippen LogP contribution in [0.15, 0.2) is 36.5 Å². The van der Waals surface area contributed by atoms with Crippen molar-refractivity contribution >= 4 is 5.82 Å². The van der Waals surface area contributed by atoms with E-state index in [2.05, 4.69) is 17.1 Å². The number of nitrogen functional groups attached to an aromatic ring is 1. The lowest BCUT2D eigenvalue weighted by molar-refractivity contribution is 0.303. The van der Waals surface area contributed by atoms with Gasteiger partial charge in [-0.05, 0) is 49.1 Å². The number of hydrogen-bond donors (Lipinski definition) is 1. The van der Waals surface area contributed by atoms with Gasteiger partial charge in [-0.15, -0.1) is 0 Å². The lowest BCUT2D eigenvalue weighted by Crippen LogP contribution is -1.96. The van der Waals surface area contributed by atoms with Crippen molar-refractivity contribution in [2.45, 2.75) is 25.9 Å². The van der Waals surface area contributed by atoms with E-state index in [0.717, 1.165) is 22.4 Å². The average molecular weight is 240 g/mol. The van der Waals surface area contributed by atoms with Crippen LogP contribution in [-0.4, -0.2) is 11.1 Å². The molecule has 0 saturated heterocycles. The number of anilines is 1. The number of rotatable bonds is 3. The summed E-state index contributed by atoms with van der Waals surface area (Å²) in [6, 6.07) is 10.1. The fourth-order valence-electron chi connectivity index (χ4n) is 1.97. The lowest BCUT2D eigenvalue weighted by Gasteiger charge is -2.08. The molecule has 1 aromatic heterocycles. The third-order valence-corrected chi connectivity index (χ3v) is 3.12. The van der Waals surface area contributed by atoms with Gasteiger partial charge in [0.2, 0.25) is 0 Å². The second-order valence-electron chi connectivity index (χ2n) is 4.77. The van der Waals surface area contributed by atoms with Crippen molar-refractivity contribution < 1.29 is 4.74 Å². The molecule has 2 aromatic rings. The van der Waals surface area contributed by atoms with E-state index < -0.39 is 0 Å². The van der Waals surface area contributed by atoms with Crippen LogP contribution in [0.1, 0.15) is 18.4 Å². The van der Waals surface area contributed by atoms with Crippen molar-refractivity contribution in [3.63, 3.8) is 0 Å². The van der Waals surface area contributed by atoms with Crippen LogP contribution in [-0.2, 0) is 0 Å². The van der Waals surface area contributed by atoms with Gasteiger partial charge >= 0.3 is 0 Å². The van der Waals surface area contributed by atoms with Crippen molar-refractivity contribution in [2.75, 3.05) is 5.73 Å². The smallest absolute Gasteiger partial charge is 0.123 e. The second-order valence-corrected chi connectivity index (χ2v) is 4.77. The van der Waals surface area contributed by atoms with Gasteiger partial charge in [0.1, 0.15) is 11.6 Å². The van der Waals surface area contributed by atoms with Gasteiger partial charge in [-0.2, -0.15) is 0 Å². The van der Waals surface area contributed by atoms with Gasteiger partial charge in [0, 0.05) is 11.8 Å². The van der Waals surface area contributed by atoms with Crippen molar-refractivity contribution in [1.82, 2.24) is 4.98 Å². The maximum Gasteiger partial charge on any atom is 0.123 e. The SMILES string of the molecule is Cc1cc(N)ncc1-c1ccc(OC2CC2)cc1. The van der Waals surface area contributed by atoms with E-state index in [9.17, 15) is 0 Å². The van der Waals surface area contributed by atoms with E-state index in [0.29, 0.717) is 11.9 Å². The molecule has 1 aliphatic carbocycles. The standard InChI is InChI=1S/C15H16N2O/c1-10-8-15(16)17-9-14(10)11-2-4-12(5-3-11)18-13-6-7-13/h2-5,8-9,13H,6-7H2,1H3,(H2,16,17). The molecule has 0 spiro atoms. The first kappa shape index (κ1) is 11.1. The highest BCUT2D eigenvalue weighted by Crippen LogP contribution is 2.29. The first-order valence-electron chi connectivity index (χ1n) is 6.21. The predicted molar refractivity (Wildman–Crippen MR) is 72.5 cm³/mol. The van der Waals surface area contributed by atoms with Crippen LogP contribution in [0.25, 0.3) is 11.1 Å². The Morgan fingerprint density at radius 1 is 1.22 bits per heavy atom.